The second-order valence-corrected chi connectivity index (χ2v) is 6.36. The zero-order valence-corrected chi connectivity index (χ0v) is 14.3. The highest BCUT2D eigenvalue weighted by molar-refractivity contribution is 7.09. The van der Waals surface area contributed by atoms with Gasteiger partial charge >= 0.3 is 0 Å². The molecule has 0 bridgehead atoms. The fourth-order valence-electron chi connectivity index (χ4n) is 2.13. The molecule has 7 heteroatoms. The van der Waals surface area contributed by atoms with Crippen molar-refractivity contribution in [2.45, 2.75) is 13.5 Å². The second-order valence-electron chi connectivity index (χ2n) is 5.32. The van der Waals surface area contributed by atoms with Crippen LogP contribution in [0.5, 0.6) is 5.88 Å². The molecule has 0 saturated carbocycles. The van der Waals surface area contributed by atoms with Gasteiger partial charge in [-0.1, -0.05) is 6.07 Å². The average Bonchev–Trinajstić information content (AvgIpc) is 3.12. The highest BCUT2D eigenvalue weighted by Crippen LogP contribution is 2.19. The molecule has 0 spiro atoms. The van der Waals surface area contributed by atoms with Crippen molar-refractivity contribution in [3.63, 3.8) is 0 Å². The largest absolute Gasteiger partial charge is 0.467 e. The van der Waals surface area contributed by atoms with E-state index in [1.165, 1.54) is 12.1 Å². The Bertz CT molecular complexity index is 851. The molecule has 0 unspecified atom stereocenters. The first-order chi connectivity index (χ1) is 12.1. The minimum atomic E-state index is -0.324. The summed E-state index contributed by atoms with van der Waals surface area (Å²) in [6, 6.07) is 11.4. The van der Waals surface area contributed by atoms with Crippen LogP contribution in [-0.4, -0.2) is 22.5 Å². The first-order valence-electron chi connectivity index (χ1n) is 7.63. The fourth-order valence-corrected chi connectivity index (χ4v) is 2.78. The molecule has 3 aromatic rings. The number of nitrogens with zero attached hydrogens (tertiary/aromatic N) is 2. The number of carbonyl (C=O) groups is 1. The molecule has 0 radical (unpaired) electrons. The van der Waals surface area contributed by atoms with Gasteiger partial charge in [0.25, 0.3) is 5.91 Å². The second kappa shape index (κ2) is 7.85. The number of halogens is 1. The van der Waals surface area contributed by atoms with Gasteiger partial charge < -0.3 is 10.1 Å². The molecule has 1 aromatic carbocycles. The van der Waals surface area contributed by atoms with Crippen molar-refractivity contribution in [1.29, 1.82) is 0 Å². The van der Waals surface area contributed by atoms with Gasteiger partial charge in [-0.2, -0.15) is 4.98 Å². The van der Waals surface area contributed by atoms with Crippen LogP contribution in [-0.2, 0) is 11.3 Å². The van der Waals surface area contributed by atoms with E-state index < -0.39 is 0 Å². The highest BCUT2D eigenvalue weighted by atomic mass is 32.1. The van der Waals surface area contributed by atoms with Crippen molar-refractivity contribution in [3.8, 4) is 17.3 Å². The first-order valence-corrected chi connectivity index (χ1v) is 8.51. The normalized spacial score (nSPS) is 10.5. The molecule has 0 atom stereocenters. The Kier molecular flexibility index (Phi) is 5.35. The number of amides is 1. The number of nitrogens with one attached hydrogen (secondary N) is 1. The molecule has 0 saturated heterocycles. The van der Waals surface area contributed by atoms with Gasteiger partial charge in [-0.05, 0) is 42.6 Å². The lowest BCUT2D eigenvalue weighted by Crippen LogP contribution is -2.28. The van der Waals surface area contributed by atoms with Gasteiger partial charge in [-0.25, -0.2) is 9.37 Å². The van der Waals surface area contributed by atoms with Gasteiger partial charge in [-0.3, -0.25) is 4.79 Å². The van der Waals surface area contributed by atoms with E-state index in [9.17, 15) is 9.18 Å². The molecule has 0 fully saturated rings. The number of ether oxygens (including phenoxy) is 1. The SMILES string of the molecule is Cc1cc(OCC(=O)NCc2cccs2)nc(-c2ccc(F)cc2)n1. The Morgan fingerprint density at radius 3 is 2.76 bits per heavy atom. The van der Waals surface area contributed by atoms with Gasteiger partial charge in [0.15, 0.2) is 12.4 Å². The third-order valence-electron chi connectivity index (χ3n) is 3.32. The molecule has 1 amide bonds. The van der Waals surface area contributed by atoms with Crippen LogP contribution in [0.3, 0.4) is 0 Å². The van der Waals surface area contributed by atoms with Gasteiger partial charge in [-0.15, -0.1) is 11.3 Å². The maximum absolute atomic E-state index is 13.0. The van der Waals surface area contributed by atoms with Crippen LogP contribution < -0.4 is 10.1 Å². The van der Waals surface area contributed by atoms with E-state index in [0.717, 1.165) is 4.88 Å². The monoisotopic (exact) mass is 357 g/mol. The van der Waals surface area contributed by atoms with Crippen molar-refractivity contribution in [1.82, 2.24) is 15.3 Å². The maximum atomic E-state index is 13.0. The molecule has 5 nitrogen and oxygen atoms in total. The van der Waals surface area contributed by atoms with E-state index in [2.05, 4.69) is 15.3 Å². The van der Waals surface area contributed by atoms with E-state index >= 15 is 0 Å². The lowest BCUT2D eigenvalue weighted by Gasteiger charge is -2.08. The number of aryl methyl sites for hydroxylation is 1. The topological polar surface area (TPSA) is 64.1 Å². The standard InChI is InChI=1S/C18H16FN3O2S/c1-12-9-17(22-18(21-12)13-4-6-14(19)7-5-13)24-11-16(23)20-10-15-3-2-8-25-15/h2-9H,10-11H2,1H3,(H,20,23). The summed E-state index contributed by atoms with van der Waals surface area (Å²) in [5, 5.41) is 4.74. The van der Waals surface area contributed by atoms with Crippen LogP contribution >= 0.6 is 11.3 Å². The van der Waals surface area contributed by atoms with Gasteiger partial charge in [0.05, 0.1) is 6.54 Å². The first kappa shape index (κ1) is 17.0. The van der Waals surface area contributed by atoms with Gasteiger partial charge in [0.2, 0.25) is 5.88 Å². The summed E-state index contributed by atoms with van der Waals surface area (Å²) >= 11 is 1.58. The van der Waals surface area contributed by atoms with E-state index in [1.54, 1.807) is 36.5 Å². The minimum Gasteiger partial charge on any atom is -0.467 e. The van der Waals surface area contributed by atoms with Gasteiger partial charge in [0, 0.05) is 22.2 Å². The summed E-state index contributed by atoms with van der Waals surface area (Å²) in [5.41, 5.74) is 1.38. The number of aromatic nitrogens is 2. The molecule has 1 N–H and O–H groups in total. The number of carbonyl (C=O) groups excluding carboxylic acids is 1. The number of benzene rings is 1. The quantitative estimate of drug-likeness (QED) is 0.735. The van der Waals surface area contributed by atoms with Crippen LogP contribution in [0.25, 0.3) is 11.4 Å². The zero-order valence-electron chi connectivity index (χ0n) is 13.5. The molecule has 25 heavy (non-hydrogen) atoms. The predicted molar refractivity (Wildman–Crippen MR) is 93.8 cm³/mol. The summed E-state index contributed by atoms with van der Waals surface area (Å²) in [6.45, 7) is 2.15. The summed E-state index contributed by atoms with van der Waals surface area (Å²) in [6.07, 6.45) is 0. The Morgan fingerprint density at radius 1 is 1.24 bits per heavy atom. The minimum absolute atomic E-state index is 0.134. The lowest BCUT2D eigenvalue weighted by molar-refractivity contribution is -0.123. The maximum Gasteiger partial charge on any atom is 0.258 e. The number of hydrogen-bond acceptors (Lipinski definition) is 5. The Morgan fingerprint density at radius 2 is 2.04 bits per heavy atom. The Balaban J connectivity index is 1.62. The summed E-state index contributed by atoms with van der Waals surface area (Å²) < 4.78 is 18.5. The molecular formula is C18H16FN3O2S. The van der Waals surface area contributed by atoms with E-state index in [-0.39, 0.29) is 18.3 Å². The molecule has 0 aliphatic carbocycles. The van der Waals surface area contributed by atoms with E-state index in [0.29, 0.717) is 29.5 Å². The van der Waals surface area contributed by atoms with Crippen molar-refractivity contribution in [3.05, 3.63) is 64.2 Å². The summed E-state index contributed by atoms with van der Waals surface area (Å²) in [5.74, 6) is 0.176. The number of rotatable bonds is 6. The highest BCUT2D eigenvalue weighted by Gasteiger charge is 2.09. The third-order valence-corrected chi connectivity index (χ3v) is 4.20. The molecule has 0 aliphatic rings. The van der Waals surface area contributed by atoms with Crippen LogP contribution in [0.15, 0.2) is 47.8 Å². The molecule has 128 valence electrons. The predicted octanol–water partition coefficient (Wildman–Crippen LogP) is 3.35. The van der Waals surface area contributed by atoms with Crippen molar-refractivity contribution in [2.75, 3.05) is 6.61 Å². The third kappa shape index (κ3) is 4.84. The average molecular weight is 357 g/mol. The van der Waals surface area contributed by atoms with Crippen LogP contribution in [0, 0.1) is 12.7 Å². The molecular weight excluding hydrogens is 341 g/mol. The van der Waals surface area contributed by atoms with Crippen molar-refractivity contribution < 1.29 is 13.9 Å². The fraction of sp³-hybridized carbons (Fsp3) is 0.167. The molecule has 0 aliphatic heterocycles. The van der Waals surface area contributed by atoms with Crippen molar-refractivity contribution >= 4 is 17.2 Å². The zero-order chi connectivity index (χ0) is 17.6. The van der Waals surface area contributed by atoms with E-state index in [1.807, 2.05) is 17.5 Å². The summed E-state index contributed by atoms with van der Waals surface area (Å²) in [7, 11) is 0. The summed E-state index contributed by atoms with van der Waals surface area (Å²) in [4.78, 5) is 21.5. The van der Waals surface area contributed by atoms with Crippen molar-refractivity contribution in [2.24, 2.45) is 0 Å². The lowest BCUT2D eigenvalue weighted by atomic mass is 10.2. The van der Waals surface area contributed by atoms with Gasteiger partial charge in [0.1, 0.15) is 5.82 Å². The number of hydrogen-bond donors (Lipinski definition) is 1. The molecule has 2 heterocycles. The molecule has 3 rings (SSSR count). The van der Waals surface area contributed by atoms with E-state index in [4.69, 9.17) is 4.74 Å². The smallest absolute Gasteiger partial charge is 0.258 e. The number of thiophene rings is 1. The van der Waals surface area contributed by atoms with Crippen LogP contribution in [0.4, 0.5) is 4.39 Å². The Hall–Kier alpha value is -2.80. The van der Waals surface area contributed by atoms with Crippen LogP contribution in [0.2, 0.25) is 0 Å². The Labute approximate surface area is 148 Å². The van der Waals surface area contributed by atoms with Crippen LogP contribution in [0.1, 0.15) is 10.6 Å². The molecule has 2 aromatic heterocycles.